The quantitative estimate of drug-likeness (QED) is 0.494. The lowest BCUT2D eigenvalue weighted by atomic mass is 10.00. The number of pyridine rings is 2. The minimum Gasteiger partial charge on any atom is -0.454 e. The van der Waals surface area contributed by atoms with Gasteiger partial charge in [-0.3, -0.25) is 4.98 Å². The van der Waals surface area contributed by atoms with Crippen LogP contribution in [0.4, 0.5) is 0 Å². The highest BCUT2D eigenvalue weighted by molar-refractivity contribution is 6.09. The van der Waals surface area contributed by atoms with Crippen molar-refractivity contribution in [3.05, 3.63) is 60.0 Å². The minimum atomic E-state index is 0.833. The van der Waals surface area contributed by atoms with Gasteiger partial charge in [-0.05, 0) is 31.0 Å². The number of aryl methyl sites for hydroxylation is 3. The normalized spacial score (nSPS) is 11.4. The van der Waals surface area contributed by atoms with E-state index in [-0.39, 0.29) is 0 Å². The molecule has 3 aromatic heterocycles. The molecule has 1 aromatic carbocycles. The highest BCUT2D eigenvalue weighted by Gasteiger charge is 2.20. The van der Waals surface area contributed by atoms with Crippen molar-refractivity contribution in [3.8, 4) is 11.3 Å². The van der Waals surface area contributed by atoms with Gasteiger partial charge in [-0.25, -0.2) is 4.57 Å². The average molecular weight is 289 g/mol. The van der Waals surface area contributed by atoms with E-state index in [1.165, 1.54) is 11.1 Å². The molecule has 3 heterocycles. The first kappa shape index (κ1) is 13.0. The Morgan fingerprint density at radius 3 is 2.77 bits per heavy atom. The largest absolute Gasteiger partial charge is 0.454 e. The van der Waals surface area contributed by atoms with E-state index >= 15 is 0 Å². The lowest BCUT2D eigenvalue weighted by molar-refractivity contribution is -0.660. The van der Waals surface area contributed by atoms with Crippen LogP contribution in [0.1, 0.15) is 11.1 Å². The molecule has 0 bridgehead atoms. The second-order valence-electron chi connectivity index (χ2n) is 5.81. The summed E-state index contributed by atoms with van der Waals surface area (Å²) < 4.78 is 8.28. The van der Waals surface area contributed by atoms with E-state index < -0.39 is 0 Å². The van der Waals surface area contributed by atoms with Crippen molar-refractivity contribution in [2.24, 2.45) is 7.05 Å². The summed E-state index contributed by atoms with van der Waals surface area (Å²) >= 11 is 0. The Kier molecular flexibility index (Phi) is 2.76. The van der Waals surface area contributed by atoms with Crippen molar-refractivity contribution in [2.75, 3.05) is 0 Å². The van der Waals surface area contributed by atoms with Gasteiger partial charge < -0.3 is 4.42 Å². The zero-order chi connectivity index (χ0) is 15.3. The molecule has 108 valence electrons. The lowest BCUT2D eigenvalue weighted by Crippen LogP contribution is -2.30. The summed E-state index contributed by atoms with van der Waals surface area (Å²) in [5, 5.41) is 2.25. The van der Waals surface area contributed by atoms with Crippen molar-refractivity contribution in [1.82, 2.24) is 4.98 Å². The van der Waals surface area contributed by atoms with Gasteiger partial charge in [0.1, 0.15) is 12.6 Å². The fraction of sp³-hybridized carbons (Fsp3) is 0.158. The Morgan fingerprint density at radius 1 is 1.05 bits per heavy atom. The van der Waals surface area contributed by atoms with Crippen LogP contribution in [0.25, 0.3) is 33.2 Å². The molecule has 3 heteroatoms. The van der Waals surface area contributed by atoms with E-state index in [4.69, 9.17) is 4.42 Å². The van der Waals surface area contributed by atoms with Crippen LogP contribution in [0.15, 0.2) is 53.3 Å². The fourth-order valence-corrected chi connectivity index (χ4v) is 3.04. The number of furan rings is 1. The van der Waals surface area contributed by atoms with E-state index in [0.29, 0.717) is 0 Å². The molecule has 0 aliphatic carbocycles. The van der Waals surface area contributed by atoms with Crippen LogP contribution in [0.5, 0.6) is 0 Å². The summed E-state index contributed by atoms with van der Waals surface area (Å²) in [5.74, 6) is 0. The van der Waals surface area contributed by atoms with Crippen LogP contribution in [0.2, 0.25) is 0 Å². The van der Waals surface area contributed by atoms with Crippen molar-refractivity contribution in [3.63, 3.8) is 0 Å². The molecule has 0 aliphatic rings. The molecule has 0 radical (unpaired) electrons. The van der Waals surface area contributed by atoms with Gasteiger partial charge in [-0.2, -0.15) is 0 Å². The van der Waals surface area contributed by atoms with E-state index in [0.717, 1.165) is 33.2 Å². The molecule has 0 unspecified atom stereocenters. The summed E-state index contributed by atoms with van der Waals surface area (Å²) in [6.07, 6.45) is 5.68. The van der Waals surface area contributed by atoms with Gasteiger partial charge in [-0.1, -0.05) is 12.1 Å². The Hall–Kier alpha value is -2.68. The molecule has 0 saturated heterocycles. The summed E-state index contributed by atoms with van der Waals surface area (Å²) in [5.41, 5.74) is 6.53. The summed E-state index contributed by atoms with van der Waals surface area (Å²) in [4.78, 5) is 4.17. The standard InChI is InChI=1S/C19H17N2O/c1-12-7-9-21(3)16(10-12)18-13(2)4-5-15-14-6-8-20-11-17(14)22-19(15)18/h4-11H,1-3H3/q+1. The van der Waals surface area contributed by atoms with E-state index in [9.17, 15) is 0 Å². The number of benzene rings is 1. The third kappa shape index (κ3) is 1.82. The summed E-state index contributed by atoms with van der Waals surface area (Å²) in [6.45, 7) is 4.24. The van der Waals surface area contributed by atoms with Crippen LogP contribution < -0.4 is 4.57 Å². The number of nitrogens with zero attached hydrogens (tertiary/aromatic N) is 2. The summed E-state index contributed by atoms with van der Waals surface area (Å²) in [7, 11) is 2.07. The molecule has 4 aromatic rings. The van der Waals surface area contributed by atoms with E-state index in [2.05, 4.69) is 60.9 Å². The van der Waals surface area contributed by atoms with Crippen LogP contribution in [0.3, 0.4) is 0 Å². The van der Waals surface area contributed by atoms with E-state index in [1.807, 2.05) is 12.3 Å². The lowest BCUT2D eigenvalue weighted by Gasteiger charge is -2.06. The molecule has 0 spiro atoms. The smallest absolute Gasteiger partial charge is 0.216 e. The maximum absolute atomic E-state index is 6.14. The van der Waals surface area contributed by atoms with Gasteiger partial charge in [0.15, 0.2) is 11.8 Å². The molecule has 0 N–H and O–H groups in total. The minimum absolute atomic E-state index is 0.833. The fourth-order valence-electron chi connectivity index (χ4n) is 3.04. The molecule has 0 aliphatic heterocycles. The topological polar surface area (TPSA) is 29.9 Å². The molecule has 0 fully saturated rings. The first-order valence-electron chi connectivity index (χ1n) is 7.37. The Bertz CT molecular complexity index is 1010. The first-order chi connectivity index (χ1) is 10.6. The SMILES string of the molecule is Cc1cc[n+](C)c(-c2c(C)ccc3c2oc2cnccc23)c1. The molecule has 22 heavy (non-hydrogen) atoms. The summed E-state index contributed by atoms with van der Waals surface area (Å²) in [6, 6.07) is 10.6. The zero-order valence-electron chi connectivity index (χ0n) is 12.9. The molecule has 0 amide bonds. The van der Waals surface area contributed by atoms with Crippen LogP contribution >= 0.6 is 0 Å². The zero-order valence-corrected chi connectivity index (χ0v) is 12.9. The van der Waals surface area contributed by atoms with Crippen molar-refractivity contribution >= 4 is 21.9 Å². The number of fused-ring (bicyclic) bond motifs is 3. The molecule has 3 nitrogen and oxygen atoms in total. The molecular formula is C19H17N2O+. The van der Waals surface area contributed by atoms with Gasteiger partial charge >= 0.3 is 0 Å². The number of hydrogen-bond donors (Lipinski definition) is 0. The number of aromatic nitrogens is 2. The van der Waals surface area contributed by atoms with Crippen molar-refractivity contribution in [2.45, 2.75) is 13.8 Å². The number of hydrogen-bond acceptors (Lipinski definition) is 2. The average Bonchev–Trinajstić information content (AvgIpc) is 2.88. The molecule has 0 saturated carbocycles. The van der Waals surface area contributed by atoms with Crippen molar-refractivity contribution < 1.29 is 8.98 Å². The van der Waals surface area contributed by atoms with Gasteiger partial charge in [0.25, 0.3) is 0 Å². The van der Waals surface area contributed by atoms with Gasteiger partial charge in [-0.15, -0.1) is 0 Å². The maximum atomic E-state index is 6.14. The Morgan fingerprint density at radius 2 is 1.91 bits per heavy atom. The predicted octanol–water partition coefficient (Wildman–Crippen LogP) is 4.09. The molecule has 4 rings (SSSR count). The highest BCUT2D eigenvalue weighted by Crippen LogP contribution is 2.36. The monoisotopic (exact) mass is 289 g/mol. The second kappa shape index (κ2) is 4.67. The Labute approximate surface area is 128 Å². The van der Waals surface area contributed by atoms with Crippen LogP contribution in [0, 0.1) is 13.8 Å². The van der Waals surface area contributed by atoms with Gasteiger partial charge in [0.2, 0.25) is 5.69 Å². The number of rotatable bonds is 1. The highest BCUT2D eigenvalue weighted by atomic mass is 16.3. The first-order valence-corrected chi connectivity index (χ1v) is 7.37. The van der Waals surface area contributed by atoms with Gasteiger partial charge in [0.05, 0.1) is 11.8 Å². The second-order valence-corrected chi connectivity index (χ2v) is 5.81. The Balaban J connectivity index is 2.17. The van der Waals surface area contributed by atoms with Crippen molar-refractivity contribution in [1.29, 1.82) is 0 Å². The third-order valence-electron chi connectivity index (χ3n) is 4.21. The molecular weight excluding hydrogens is 272 g/mol. The van der Waals surface area contributed by atoms with Crippen LogP contribution in [-0.2, 0) is 7.05 Å². The third-order valence-corrected chi connectivity index (χ3v) is 4.21. The predicted molar refractivity (Wildman–Crippen MR) is 87.6 cm³/mol. The van der Waals surface area contributed by atoms with Gasteiger partial charge in [0, 0.05) is 29.1 Å². The van der Waals surface area contributed by atoms with Crippen LogP contribution in [-0.4, -0.2) is 4.98 Å². The van der Waals surface area contributed by atoms with E-state index in [1.54, 1.807) is 6.20 Å². The maximum Gasteiger partial charge on any atom is 0.216 e. The molecule has 0 atom stereocenters.